The molecule has 48 heavy (non-hydrogen) atoms. The van der Waals surface area contributed by atoms with E-state index in [9.17, 15) is 45.6 Å². The predicted molar refractivity (Wildman–Crippen MR) is 163 cm³/mol. The van der Waals surface area contributed by atoms with Crippen molar-refractivity contribution >= 4 is 17.6 Å². The van der Waals surface area contributed by atoms with E-state index >= 15 is 0 Å². The molecule has 0 bridgehead atoms. The van der Waals surface area contributed by atoms with E-state index in [-0.39, 0.29) is 41.7 Å². The number of anilines is 1. The van der Waals surface area contributed by atoms with Crippen LogP contribution in [-0.4, -0.2) is 31.0 Å². The summed E-state index contributed by atoms with van der Waals surface area (Å²) in [7, 11) is 2.59. The van der Waals surface area contributed by atoms with E-state index in [2.05, 4.69) is 4.98 Å². The van der Waals surface area contributed by atoms with Crippen molar-refractivity contribution in [3.05, 3.63) is 81.9 Å². The van der Waals surface area contributed by atoms with Crippen LogP contribution in [0.1, 0.15) is 85.5 Å². The maximum Gasteiger partial charge on any atom is 0.416 e. The number of carbonyl (C=O) groups is 2. The number of hydrogen-bond acceptors (Lipinski definition) is 5. The topological polar surface area (TPSA) is 83.3 Å². The number of nitriles is 1. The summed E-state index contributed by atoms with van der Waals surface area (Å²) in [6.45, 7) is 4.02. The molecule has 1 amide bonds. The van der Waals surface area contributed by atoms with E-state index < -0.39 is 46.2 Å². The fraction of sp³-hybridized carbons (Fsp3) is 0.429. The quantitative estimate of drug-likeness (QED) is 0.184. The summed E-state index contributed by atoms with van der Waals surface area (Å²) in [5, 5.41) is 10.3. The zero-order valence-corrected chi connectivity index (χ0v) is 26.9. The van der Waals surface area contributed by atoms with E-state index in [0.29, 0.717) is 60.2 Å². The lowest BCUT2D eigenvalue weighted by Gasteiger charge is -2.33. The fourth-order valence-corrected chi connectivity index (χ4v) is 6.26. The number of methoxy groups -OCH3 is 1. The molecular weight excluding hydrogens is 643 g/mol. The molecule has 1 fully saturated rings. The van der Waals surface area contributed by atoms with Gasteiger partial charge in [0.2, 0.25) is 5.91 Å². The monoisotopic (exact) mass is 677 g/mol. The minimum Gasteiger partial charge on any atom is -0.469 e. The first-order valence-corrected chi connectivity index (χ1v) is 15.1. The molecule has 13 heteroatoms. The largest absolute Gasteiger partial charge is 0.469 e. The van der Waals surface area contributed by atoms with Gasteiger partial charge in [0.15, 0.2) is 5.69 Å². The number of likely N-dealkylation sites (N-methyl/N-ethyl adjacent to an activating group) is 1. The molecule has 0 aliphatic heterocycles. The Bertz CT molecular complexity index is 1720. The zero-order chi connectivity index (χ0) is 35.8. The molecule has 2 aromatic carbocycles. The first-order chi connectivity index (χ1) is 22.3. The average Bonchev–Trinajstić information content (AvgIpc) is 3.02. The minimum absolute atomic E-state index is 0.0114. The Morgan fingerprint density at radius 3 is 1.98 bits per heavy atom. The molecule has 1 aliphatic carbocycles. The first kappa shape index (κ1) is 36.4. The van der Waals surface area contributed by atoms with Crippen LogP contribution >= 0.6 is 0 Å². The second-order valence-corrected chi connectivity index (χ2v) is 12.6. The molecule has 0 unspecified atom stereocenters. The van der Waals surface area contributed by atoms with Crippen LogP contribution < -0.4 is 4.90 Å². The van der Waals surface area contributed by atoms with Gasteiger partial charge < -0.3 is 9.64 Å². The highest BCUT2D eigenvalue weighted by molar-refractivity contribution is 6.04. The number of halogens is 7. The summed E-state index contributed by atoms with van der Waals surface area (Å²) < 4.78 is 101. The van der Waals surface area contributed by atoms with Gasteiger partial charge in [-0.15, -0.1) is 0 Å². The summed E-state index contributed by atoms with van der Waals surface area (Å²) in [6, 6.07) is 8.62. The van der Waals surface area contributed by atoms with Crippen molar-refractivity contribution in [1.29, 1.82) is 5.26 Å². The standard InChI is InChI=1S/C35H34F7N3O3/c1-19-12-25(36)10-11-26(19)27-17-28(21-8-6-20(7-9-21)13-30(46)48-5)44-29(18-43)31(27)45(4)32(47)33(2,3)22-14-23(34(37,38)39)16-24(15-22)35(40,41)42/h10-12,14-17,20-21H,6-9,13H2,1-5H3. The lowest BCUT2D eigenvalue weighted by Crippen LogP contribution is -2.42. The van der Waals surface area contributed by atoms with Crippen molar-refractivity contribution in [2.75, 3.05) is 19.1 Å². The smallest absolute Gasteiger partial charge is 0.416 e. The van der Waals surface area contributed by atoms with Gasteiger partial charge >= 0.3 is 18.3 Å². The number of carbonyl (C=O) groups excluding carboxylic acids is 2. The Hall–Kier alpha value is -4.47. The van der Waals surface area contributed by atoms with Crippen molar-refractivity contribution < 1.29 is 45.1 Å². The number of esters is 1. The van der Waals surface area contributed by atoms with Crippen LogP contribution in [0, 0.1) is 30.0 Å². The Labute approximate surface area is 273 Å². The number of benzene rings is 2. The molecule has 1 aromatic heterocycles. The summed E-state index contributed by atoms with van der Waals surface area (Å²) in [4.78, 5) is 31.5. The molecule has 1 aliphatic rings. The third kappa shape index (κ3) is 7.63. The number of alkyl halides is 6. The second-order valence-electron chi connectivity index (χ2n) is 12.6. The first-order valence-electron chi connectivity index (χ1n) is 15.1. The van der Waals surface area contributed by atoms with Crippen LogP contribution in [-0.2, 0) is 32.1 Å². The van der Waals surface area contributed by atoms with Crippen molar-refractivity contribution in [3.63, 3.8) is 0 Å². The van der Waals surface area contributed by atoms with Crippen molar-refractivity contribution in [1.82, 2.24) is 4.98 Å². The number of nitrogens with zero attached hydrogens (tertiary/aromatic N) is 3. The normalized spacial score (nSPS) is 17.1. The van der Waals surface area contributed by atoms with Gasteiger partial charge in [0, 0.05) is 30.6 Å². The average molecular weight is 678 g/mol. The van der Waals surface area contributed by atoms with Crippen molar-refractivity contribution in [2.45, 2.75) is 76.6 Å². The van der Waals surface area contributed by atoms with E-state index in [0.717, 1.165) is 4.90 Å². The van der Waals surface area contributed by atoms with Gasteiger partial charge in [-0.1, -0.05) is 6.07 Å². The highest BCUT2D eigenvalue weighted by Crippen LogP contribution is 2.44. The number of pyridine rings is 1. The summed E-state index contributed by atoms with van der Waals surface area (Å²) in [5.74, 6) is -1.76. The van der Waals surface area contributed by atoms with Crippen LogP contribution in [0.25, 0.3) is 11.1 Å². The van der Waals surface area contributed by atoms with Crippen LogP contribution in [0.2, 0.25) is 0 Å². The maximum atomic E-state index is 14.2. The fourth-order valence-electron chi connectivity index (χ4n) is 6.26. The molecule has 0 saturated heterocycles. The van der Waals surface area contributed by atoms with Gasteiger partial charge in [-0.05, 0) is 105 Å². The lowest BCUT2D eigenvalue weighted by molar-refractivity contribution is -0.144. The molecule has 0 spiro atoms. The van der Waals surface area contributed by atoms with Gasteiger partial charge in [0.1, 0.15) is 11.9 Å². The molecular formula is C35H34F7N3O3. The number of hydrogen-bond donors (Lipinski definition) is 0. The summed E-state index contributed by atoms with van der Waals surface area (Å²) in [6.07, 6.45) is -7.31. The van der Waals surface area contributed by atoms with E-state index in [1.165, 1.54) is 46.2 Å². The lowest BCUT2D eigenvalue weighted by atomic mass is 9.78. The SMILES string of the molecule is COC(=O)CC1CCC(c2cc(-c3ccc(F)cc3C)c(N(C)C(=O)C(C)(C)c3cc(C(F)(F)F)cc(C(F)(F)F)c3)c(C#N)n2)CC1. The second kappa shape index (κ2) is 13.6. The molecule has 3 aromatic rings. The molecule has 4 rings (SSSR count). The van der Waals surface area contributed by atoms with Gasteiger partial charge in [-0.3, -0.25) is 9.59 Å². The number of rotatable bonds is 7. The van der Waals surface area contributed by atoms with Crippen molar-refractivity contribution in [3.8, 4) is 17.2 Å². The highest BCUT2D eigenvalue weighted by atomic mass is 19.4. The van der Waals surface area contributed by atoms with Crippen LogP contribution in [0.4, 0.5) is 36.4 Å². The van der Waals surface area contributed by atoms with Gasteiger partial charge in [-0.2, -0.15) is 31.6 Å². The number of aromatic nitrogens is 1. The Morgan fingerprint density at radius 1 is 0.917 bits per heavy atom. The van der Waals surface area contributed by atoms with Gasteiger partial charge in [-0.25, -0.2) is 9.37 Å². The summed E-state index contributed by atoms with van der Waals surface area (Å²) >= 11 is 0. The van der Waals surface area contributed by atoms with Crippen LogP contribution in [0.5, 0.6) is 0 Å². The molecule has 1 saturated carbocycles. The number of amides is 1. The molecule has 1 heterocycles. The molecule has 0 N–H and O–H groups in total. The number of aryl methyl sites for hydroxylation is 1. The Morgan fingerprint density at radius 2 is 1.48 bits per heavy atom. The Balaban J connectivity index is 1.83. The van der Waals surface area contributed by atoms with E-state index in [1.54, 1.807) is 13.0 Å². The van der Waals surface area contributed by atoms with Crippen LogP contribution in [0.3, 0.4) is 0 Å². The molecule has 0 atom stereocenters. The third-order valence-electron chi connectivity index (χ3n) is 9.03. The highest BCUT2D eigenvalue weighted by Gasteiger charge is 2.42. The third-order valence-corrected chi connectivity index (χ3v) is 9.03. The van der Waals surface area contributed by atoms with E-state index in [1.807, 2.05) is 6.07 Å². The zero-order valence-electron chi connectivity index (χ0n) is 26.9. The van der Waals surface area contributed by atoms with Crippen LogP contribution in [0.15, 0.2) is 42.5 Å². The maximum absolute atomic E-state index is 14.2. The molecule has 6 nitrogen and oxygen atoms in total. The van der Waals surface area contributed by atoms with Crippen molar-refractivity contribution in [2.24, 2.45) is 5.92 Å². The predicted octanol–water partition coefficient (Wildman–Crippen LogP) is 8.88. The van der Waals surface area contributed by atoms with E-state index in [4.69, 9.17) is 4.74 Å². The molecule has 256 valence electrons. The number of ether oxygens (including phenoxy) is 1. The minimum atomic E-state index is -5.12. The summed E-state index contributed by atoms with van der Waals surface area (Å²) in [5.41, 5.74) is -4.11. The van der Waals surface area contributed by atoms with Gasteiger partial charge in [0.05, 0.1) is 29.3 Å². The van der Waals surface area contributed by atoms with Gasteiger partial charge in [0.25, 0.3) is 0 Å². The Kier molecular flexibility index (Phi) is 10.3. The molecule has 0 radical (unpaired) electrons.